The van der Waals surface area contributed by atoms with Crippen molar-refractivity contribution in [2.75, 3.05) is 40.3 Å². The third kappa shape index (κ3) is 4.97. The Labute approximate surface area is 183 Å². The minimum Gasteiger partial charge on any atom is -0.469 e. The number of aromatic nitrogens is 1. The van der Waals surface area contributed by atoms with Gasteiger partial charge in [-0.1, -0.05) is 0 Å². The first-order valence-corrected chi connectivity index (χ1v) is 12.2. The maximum Gasteiger partial charge on any atom is 0.317 e. The second-order valence-corrected chi connectivity index (χ2v) is 10.1. The summed E-state index contributed by atoms with van der Waals surface area (Å²) in [6.07, 6.45) is 7.45. The number of nitrogens with zero attached hydrogens (tertiary/aromatic N) is 3. The molecule has 1 aliphatic carbocycles. The molecule has 30 heavy (non-hydrogen) atoms. The number of carbonyl (C=O) groups excluding carboxylic acids is 2. The van der Waals surface area contributed by atoms with Gasteiger partial charge in [-0.05, 0) is 52.0 Å². The van der Waals surface area contributed by atoms with Gasteiger partial charge in [-0.3, -0.25) is 4.79 Å². The van der Waals surface area contributed by atoms with Gasteiger partial charge in [-0.15, -0.1) is 11.3 Å². The Balaban J connectivity index is 1.24. The summed E-state index contributed by atoms with van der Waals surface area (Å²) in [6, 6.07) is 0.219. The van der Waals surface area contributed by atoms with E-state index in [4.69, 9.17) is 9.72 Å². The molecular weight excluding hydrogens is 400 g/mol. The second-order valence-electron chi connectivity index (χ2n) is 9.01. The predicted molar refractivity (Wildman–Crippen MR) is 117 cm³/mol. The lowest BCUT2D eigenvalue weighted by molar-refractivity contribution is -0.146. The molecular formula is C22H34N4O3S. The van der Waals surface area contributed by atoms with E-state index in [-0.39, 0.29) is 24.0 Å². The molecule has 1 saturated heterocycles. The highest BCUT2D eigenvalue weighted by atomic mass is 32.1. The first-order chi connectivity index (χ1) is 14.5. The number of likely N-dealkylation sites (N-methyl/N-ethyl adjacent to an activating group) is 1. The summed E-state index contributed by atoms with van der Waals surface area (Å²) < 4.78 is 4.84. The van der Waals surface area contributed by atoms with E-state index < -0.39 is 0 Å². The third-order valence-corrected chi connectivity index (χ3v) is 8.29. The summed E-state index contributed by atoms with van der Waals surface area (Å²) in [4.78, 5) is 35.2. The molecule has 0 radical (unpaired) electrons. The Bertz CT molecular complexity index is 726. The average Bonchev–Trinajstić information content (AvgIpc) is 3.11. The third-order valence-electron chi connectivity index (χ3n) is 6.97. The van der Waals surface area contributed by atoms with Crippen molar-refractivity contribution in [1.82, 2.24) is 20.1 Å². The molecule has 0 bridgehead atoms. The van der Waals surface area contributed by atoms with Crippen molar-refractivity contribution >= 4 is 23.3 Å². The number of piperidine rings is 1. The maximum atomic E-state index is 12.7. The summed E-state index contributed by atoms with van der Waals surface area (Å²) in [5.74, 6) is 0.361. The van der Waals surface area contributed by atoms with Crippen molar-refractivity contribution in [1.29, 1.82) is 0 Å². The van der Waals surface area contributed by atoms with Gasteiger partial charge in [0.05, 0.1) is 23.7 Å². The zero-order chi connectivity index (χ0) is 21.1. The number of likely N-dealkylation sites (tertiary alicyclic amines) is 1. The molecule has 1 aromatic rings. The van der Waals surface area contributed by atoms with Crippen molar-refractivity contribution in [2.24, 2.45) is 5.92 Å². The Morgan fingerprint density at radius 1 is 1.03 bits per heavy atom. The number of nitrogens with one attached hydrogen (secondary N) is 1. The molecule has 0 atom stereocenters. The quantitative estimate of drug-likeness (QED) is 0.741. The number of thiazole rings is 1. The van der Waals surface area contributed by atoms with E-state index in [1.165, 1.54) is 22.7 Å². The Morgan fingerprint density at radius 3 is 2.43 bits per heavy atom. The van der Waals surface area contributed by atoms with Crippen molar-refractivity contribution in [2.45, 2.75) is 63.3 Å². The van der Waals surface area contributed by atoms with E-state index in [0.717, 1.165) is 77.5 Å². The molecule has 7 nitrogen and oxygen atoms in total. The Morgan fingerprint density at radius 2 is 1.73 bits per heavy atom. The highest BCUT2D eigenvalue weighted by Gasteiger charge is 2.31. The van der Waals surface area contributed by atoms with E-state index in [9.17, 15) is 9.59 Å². The van der Waals surface area contributed by atoms with Gasteiger partial charge in [0, 0.05) is 49.4 Å². The van der Waals surface area contributed by atoms with E-state index in [1.807, 2.05) is 16.2 Å². The lowest BCUT2D eigenvalue weighted by Crippen LogP contribution is -2.48. The summed E-state index contributed by atoms with van der Waals surface area (Å²) in [6.45, 7) is 3.80. The molecule has 0 aromatic carbocycles. The number of ether oxygens (including phenoxy) is 1. The number of fused-ring (bicyclic) bond motifs is 1. The lowest BCUT2D eigenvalue weighted by Gasteiger charge is -2.34. The molecule has 4 rings (SSSR count). The molecule has 3 aliphatic rings. The number of rotatable bonds is 3. The van der Waals surface area contributed by atoms with E-state index in [1.54, 1.807) is 0 Å². The number of esters is 1. The Hall–Kier alpha value is -1.67. The van der Waals surface area contributed by atoms with Gasteiger partial charge in [-0.25, -0.2) is 9.78 Å². The topological polar surface area (TPSA) is 74.8 Å². The monoisotopic (exact) mass is 434 g/mol. The van der Waals surface area contributed by atoms with Gasteiger partial charge in [0.25, 0.3) is 0 Å². The van der Waals surface area contributed by atoms with Crippen LogP contribution in [0.5, 0.6) is 0 Å². The minimum absolute atomic E-state index is 0.00675. The van der Waals surface area contributed by atoms with Crippen molar-refractivity contribution in [3.63, 3.8) is 0 Å². The minimum atomic E-state index is -0.117. The number of carbonyl (C=O) groups is 2. The van der Waals surface area contributed by atoms with Crippen molar-refractivity contribution in [3.8, 4) is 0 Å². The zero-order valence-corrected chi connectivity index (χ0v) is 19.0. The van der Waals surface area contributed by atoms with Crippen LogP contribution in [-0.4, -0.2) is 73.2 Å². The normalized spacial score (nSPS) is 26.0. The first-order valence-electron chi connectivity index (χ1n) is 11.3. The van der Waals surface area contributed by atoms with E-state index in [2.05, 4.69) is 17.3 Å². The molecule has 1 N–H and O–H groups in total. The van der Waals surface area contributed by atoms with E-state index >= 15 is 0 Å². The number of hydrogen-bond acceptors (Lipinski definition) is 6. The standard InChI is InChI=1S/C22H34N4O3S/c1-25-11-9-18-19(10-12-25)30-20(24-18)15-7-13-26(14-8-15)22(28)23-17-5-3-16(4-6-17)21(27)29-2/h15-17H,3-14H2,1-2H3,(H,23,28)/t16-,17-. The zero-order valence-electron chi connectivity index (χ0n) is 18.2. The van der Waals surface area contributed by atoms with Gasteiger partial charge >= 0.3 is 12.0 Å². The molecule has 0 spiro atoms. The van der Waals surface area contributed by atoms with Crippen LogP contribution in [0.2, 0.25) is 0 Å². The van der Waals surface area contributed by atoms with Gasteiger partial charge in [0.15, 0.2) is 0 Å². The molecule has 166 valence electrons. The molecule has 2 amide bonds. The van der Waals surface area contributed by atoms with Gasteiger partial charge < -0.3 is 19.9 Å². The fourth-order valence-corrected chi connectivity index (χ4v) is 6.17. The van der Waals surface area contributed by atoms with Crippen molar-refractivity contribution in [3.05, 3.63) is 15.6 Å². The molecule has 8 heteroatoms. The van der Waals surface area contributed by atoms with Crippen LogP contribution < -0.4 is 5.32 Å². The van der Waals surface area contributed by atoms with Crippen LogP contribution in [0.4, 0.5) is 4.79 Å². The van der Waals surface area contributed by atoms with Gasteiger partial charge in [0.2, 0.25) is 0 Å². The van der Waals surface area contributed by atoms with Crippen LogP contribution in [0.25, 0.3) is 0 Å². The largest absolute Gasteiger partial charge is 0.469 e. The predicted octanol–water partition coefficient (Wildman–Crippen LogP) is 2.79. The summed E-state index contributed by atoms with van der Waals surface area (Å²) in [7, 11) is 3.63. The lowest BCUT2D eigenvalue weighted by atomic mass is 9.86. The fourth-order valence-electron chi connectivity index (χ4n) is 4.91. The Kier molecular flexibility index (Phi) is 6.93. The van der Waals surface area contributed by atoms with Crippen LogP contribution in [0.3, 0.4) is 0 Å². The van der Waals surface area contributed by atoms with Gasteiger partial charge in [-0.2, -0.15) is 0 Å². The number of urea groups is 1. The second kappa shape index (κ2) is 9.64. The highest BCUT2D eigenvalue weighted by molar-refractivity contribution is 7.11. The van der Waals surface area contributed by atoms with Crippen LogP contribution in [0, 0.1) is 5.92 Å². The highest BCUT2D eigenvalue weighted by Crippen LogP contribution is 2.34. The van der Waals surface area contributed by atoms with Gasteiger partial charge in [0.1, 0.15) is 0 Å². The molecule has 2 aliphatic heterocycles. The van der Waals surface area contributed by atoms with Crippen LogP contribution in [-0.2, 0) is 22.4 Å². The summed E-state index contributed by atoms with van der Waals surface area (Å²) in [5, 5.41) is 4.47. The molecule has 0 unspecified atom stereocenters. The fraction of sp³-hybridized carbons (Fsp3) is 0.773. The first kappa shape index (κ1) is 21.6. The van der Waals surface area contributed by atoms with Crippen LogP contribution >= 0.6 is 11.3 Å². The molecule has 1 saturated carbocycles. The molecule has 1 aromatic heterocycles. The summed E-state index contributed by atoms with van der Waals surface area (Å²) >= 11 is 1.91. The summed E-state index contributed by atoms with van der Waals surface area (Å²) in [5.41, 5.74) is 1.31. The molecule has 3 heterocycles. The average molecular weight is 435 g/mol. The van der Waals surface area contributed by atoms with E-state index in [0.29, 0.717) is 5.92 Å². The number of hydrogen-bond donors (Lipinski definition) is 1. The van der Waals surface area contributed by atoms with Crippen LogP contribution in [0.15, 0.2) is 0 Å². The maximum absolute atomic E-state index is 12.7. The SMILES string of the molecule is COC(=O)[C@H]1CC[C@H](NC(=O)N2CCC(c3nc4c(s3)CCN(C)CC4)CC2)CC1. The molecule has 2 fully saturated rings. The number of amides is 2. The van der Waals surface area contributed by atoms with Crippen molar-refractivity contribution < 1.29 is 14.3 Å². The number of methoxy groups -OCH3 is 1. The van der Waals surface area contributed by atoms with Crippen LogP contribution in [0.1, 0.15) is 60.0 Å². The smallest absolute Gasteiger partial charge is 0.317 e.